The fourth-order valence-corrected chi connectivity index (χ4v) is 3.41. The summed E-state index contributed by atoms with van der Waals surface area (Å²) in [6.45, 7) is 14.6. The number of likely N-dealkylation sites (tertiary alicyclic amines) is 1. The Morgan fingerprint density at radius 2 is 1.77 bits per heavy atom. The van der Waals surface area contributed by atoms with Crippen molar-refractivity contribution in [2.45, 2.75) is 90.6 Å². The third-order valence-corrected chi connectivity index (χ3v) is 5.83. The molecule has 1 aromatic heterocycles. The zero-order valence-corrected chi connectivity index (χ0v) is 19.2. The molecule has 2 fully saturated rings. The van der Waals surface area contributed by atoms with E-state index in [1.54, 1.807) is 17.3 Å². The smallest absolute Gasteiger partial charge is 0.461 e. The summed E-state index contributed by atoms with van der Waals surface area (Å²) in [5.74, 6) is 0. The van der Waals surface area contributed by atoms with Crippen LogP contribution in [0.4, 0.5) is 4.79 Å². The Balaban J connectivity index is 1.58. The van der Waals surface area contributed by atoms with E-state index < -0.39 is 23.9 Å². The molecule has 2 aliphatic rings. The first-order chi connectivity index (χ1) is 13.9. The lowest BCUT2D eigenvalue weighted by molar-refractivity contribution is 0.00305. The molecule has 1 amide bonds. The van der Waals surface area contributed by atoms with E-state index in [1.807, 2.05) is 48.5 Å². The minimum absolute atomic E-state index is 0.0556. The van der Waals surface area contributed by atoms with Gasteiger partial charge in [-0.15, -0.1) is 0 Å². The Kier molecular flexibility index (Phi) is 6.34. The van der Waals surface area contributed by atoms with Gasteiger partial charge in [0.05, 0.1) is 17.2 Å². The average molecular weight is 419 g/mol. The minimum Gasteiger partial charge on any atom is -0.461 e. The Morgan fingerprint density at radius 3 is 2.33 bits per heavy atom. The van der Waals surface area contributed by atoms with Crippen molar-refractivity contribution in [2.24, 2.45) is 0 Å². The number of aromatic nitrogens is 2. The second-order valence-corrected chi connectivity index (χ2v) is 10.0. The maximum Gasteiger partial charge on any atom is 0.498 e. The highest BCUT2D eigenvalue weighted by Gasteiger charge is 2.52. The molecule has 8 nitrogen and oxygen atoms in total. The first kappa shape index (κ1) is 22.8. The molecule has 0 spiro atoms. The van der Waals surface area contributed by atoms with Gasteiger partial charge in [0.15, 0.2) is 0 Å². The third kappa shape index (κ3) is 5.24. The van der Waals surface area contributed by atoms with Gasteiger partial charge in [0.2, 0.25) is 0 Å². The van der Waals surface area contributed by atoms with Crippen LogP contribution in [0.1, 0.15) is 67.7 Å². The number of carbonyl (C=O) groups is 1. The molecule has 0 bridgehead atoms. The number of hydrogen-bond acceptors (Lipinski definition) is 7. The summed E-state index contributed by atoms with van der Waals surface area (Å²) in [7, 11) is -0.509. The predicted molar refractivity (Wildman–Crippen MR) is 114 cm³/mol. The summed E-state index contributed by atoms with van der Waals surface area (Å²) in [5.41, 5.74) is -0.612. The topological polar surface area (TPSA) is 83.0 Å². The number of piperidine rings is 1. The molecule has 0 N–H and O–H groups in total. The van der Waals surface area contributed by atoms with E-state index in [1.165, 1.54) is 0 Å². The largest absolute Gasteiger partial charge is 0.498 e. The van der Waals surface area contributed by atoms with E-state index in [9.17, 15) is 4.79 Å². The molecule has 30 heavy (non-hydrogen) atoms. The zero-order chi connectivity index (χ0) is 22.2. The third-order valence-electron chi connectivity index (χ3n) is 5.83. The molecule has 0 unspecified atom stereocenters. The number of hydrogen-bond donors (Lipinski definition) is 0. The van der Waals surface area contributed by atoms with Gasteiger partial charge in [-0.3, -0.25) is 0 Å². The molecule has 0 radical (unpaired) electrons. The molecule has 2 saturated heterocycles. The minimum atomic E-state index is -0.521. The van der Waals surface area contributed by atoms with Gasteiger partial charge in [-0.2, -0.15) is 0 Å². The number of rotatable bonds is 4. The fraction of sp³-hybridized carbons (Fsp3) is 0.762. The van der Waals surface area contributed by atoms with Crippen LogP contribution in [0, 0.1) is 0 Å². The highest BCUT2D eigenvalue weighted by atomic mass is 16.7. The molecule has 3 rings (SSSR count). The lowest BCUT2D eigenvalue weighted by Crippen LogP contribution is -2.48. The zero-order valence-electron chi connectivity index (χ0n) is 19.2. The van der Waals surface area contributed by atoms with Crippen molar-refractivity contribution in [1.29, 1.82) is 0 Å². The molecule has 0 saturated carbocycles. The molecule has 2 aliphatic heterocycles. The fourth-order valence-electron chi connectivity index (χ4n) is 3.41. The van der Waals surface area contributed by atoms with Crippen molar-refractivity contribution < 1.29 is 23.6 Å². The normalized spacial score (nSPS) is 23.4. The Hall–Kier alpha value is -1.87. The van der Waals surface area contributed by atoms with Crippen LogP contribution in [0.3, 0.4) is 0 Å². The molecule has 9 heteroatoms. The van der Waals surface area contributed by atoms with Crippen LogP contribution in [0.15, 0.2) is 12.4 Å². The number of nitrogens with zero attached hydrogens (tertiary/aromatic N) is 3. The first-order valence-corrected chi connectivity index (χ1v) is 10.7. The molecule has 3 heterocycles. The summed E-state index contributed by atoms with van der Waals surface area (Å²) in [4.78, 5) is 22.9. The van der Waals surface area contributed by atoms with Crippen molar-refractivity contribution in [3.8, 4) is 6.01 Å². The first-order valence-electron chi connectivity index (χ1n) is 10.7. The van der Waals surface area contributed by atoms with E-state index in [-0.39, 0.29) is 18.1 Å². The SMILES string of the molecule is CC(C)(C)OC(=O)N1CCCC[C@H]1COc1ncc(B2OC(C)(C)C(C)(C)O2)cn1. The van der Waals surface area contributed by atoms with Crippen molar-refractivity contribution in [1.82, 2.24) is 14.9 Å². The van der Waals surface area contributed by atoms with E-state index in [0.29, 0.717) is 13.2 Å². The quantitative estimate of drug-likeness (QED) is 0.694. The molecule has 0 aromatic carbocycles. The van der Waals surface area contributed by atoms with Gasteiger partial charge in [0.1, 0.15) is 12.2 Å². The van der Waals surface area contributed by atoms with E-state index in [2.05, 4.69) is 9.97 Å². The standard InChI is InChI=1S/C21H34BN3O5/c1-19(2,3)28-18(26)25-11-9-8-10-16(25)14-27-17-23-12-15(13-24-17)22-29-20(4,5)21(6,7)30-22/h12-13,16H,8-11,14H2,1-7H3/t16-/m0/s1. The molecule has 0 aliphatic carbocycles. The molecular formula is C21H34BN3O5. The van der Waals surface area contributed by atoms with E-state index >= 15 is 0 Å². The van der Waals surface area contributed by atoms with Crippen molar-refractivity contribution in [3.63, 3.8) is 0 Å². The van der Waals surface area contributed by atoms with E-state index in [4.69, 9.17) is 18.8 Å². The lowest BCUT2D eigenvalue weighted by Gasteiger charge is -2.36. The second-order valence-electron chi connectivity index (χ2n) is 10.0. The van der Waals surface area contributed by atoms with Crippen molar-refractivity contribution >= 4 is 18.7 Å². The number of amides is 1. The number of ether oxygens (including phenoxy) is 2. The Morgan fingerprint density at radius 1 is 1.17 bits per heavy atom. The number of carbonyl (C=O) groups excluding carboxylic acids is 1. The predicted octanol–water partition coefficient (Wildman–Crippen LogP) is 2.94. The summed E-state index contributed by atoms with van der Waals surface area (Å²) in [6.07, 6.45) is 5.91. The Bertz CT molecular complexity index is 732. The van der Waals surface area contributed by atoms with Crippen LogP contribution >= 0.6 is 0 Å². The summed E-state index contributed by atoms with van der Waals surface area (Å²) in [6, 6.07) is 0.213. The van der Waals surface area contributed by atoms with Crippen molar-refractivity contribution in [2.75, 3.05) is 13.2 Å². The molecule has 1 aromatic rings. The van der Waals surface area contributed by atoms with Crippen molar-refractivity contribution in [3.05, 3.63) is 12.4 Å². The molecule has 166 valence electrons. The monoisotopic (exact) mass is 419 g/mol. The van der Waals surface area contributed by atoms with Crippen LogP contribution in [0.25, 0.3) is 0 Å². The van der Waals surface area contributed by atoms with Gasteiger partial charge in [0, 0.05) is 24.4 Å². The highest BCUT2D eigenvalue weighted by molar-refractivity contribution is 6.61. The average Bonchev–Trinajstić information content (AvgIpc) is 2.86. The van der Waals surface area contributed by atoms with E-state index in [0.717, 1.165) is 24.7 Å². The maximum absolute atomic E-state index is 12.5. The summed E-state index contributed by atoms with van der Waals surface area (Å²) < 4.78 is 23.4. The van der Waals surface area contributed by atoms with Gasteiger partial charge in [-0.25, -0.2) is 14.8 Å². The second kappa shape index (κ2) is 8.34. The van der Waals surface area contributed by atoms with Gasteiger partial charge < -0.3 is 23.7 Å². The molecular weight excluding hydrogens is 385 g/mol. The highest BCUT2D eigenvalue weighted by Crippen LogP contribution is 2.36. The van der Waals surface area contributed by atoms with Gasteiger partial charge in [0.25, 0.3) is 0 Å². The summed E-state index contributed by atoms with van der Waals surface area (Å²) >= 11 is 0. The lowest BCUT2D eigenvalue weighted by atomic mass is 9.81. The van der Waals surface area contributed by atoms with Crippen LogP contribution < -0.4 is 10.2 Å². The van der Waals surface area contributed by atoms with Crippen LogP contribution in [0.2, 0.25) is 0 Å². The van der Waals surface area contributed by atoms with Gasteiger partial charge in [-0.1, -0.05) is 0 Å². The van der Waals surface area contributed by atoms with Crippen LogP contribution in [0.5, 0.6) is 6.01 Å². The Labute approximate surface area is 179 Å². The van der Waals surface area contributed by atoms with Gasteiger partial charge >= 0.3 is 19.2 Å². The molecule has 1 atom stereocenters. The van der Waals surface area contributed by atoms with Crippen LogP contribution in [-0.4, -0.2) is 64.1 Å². The van der Waals surface area contributed by atoms with Crippen LogP contribution in [-0.2, 0) is 14.0 Å². The van der Waals surface area contributed by atoms with Gasteiger partial charge in [-0.05, 0) is 67.7 Å². The summed E-state index contributed by atoms with van der Waals surface area (Å²) in [5, 5.41) is 0. The maximum atomic E-state index is 12.5.